The first-order chi connectivity index (χ1) is 19.4. The van der Waals surface area contributed by atoms with Crippen molar-refractivity contribution in [3.63, 3.8) is 0 Å². The molecule has 1 spiro atoms. The number of nitrogens with zero attached hydrogens (tertiary/aromatic N) is 2. The Kier molecular flexibility index (Phi) is 10.8. The van der Waals surface area contributed by atoms with Gasteiger partial charge in [-0.15, -0.1) is 0 Å². The molecule has 222 valence electrons. The van der Waals surface area contributed by atoms with E-state index in [1.165, 1.54) is 0 Å². The van der Waals surface area contributed by atoms with E-state index in [1.807, 2.05) is 48.2 Å². The van der Waals surface area contributed by atoms with Crippen LogP contribution in [0.5, 0.6) is 0 Å². The zero-order chi connectivity index (χ0) is 28.5. The molecule has 10 nitrogen and oxygen atoms in total. The van der Waals surface area contributed by atoms with Gasteiger partial charge in [0.25, 0.3) is 5.91 Å². The number of hydrogen-bond donors (Lipinski definition) is 2. The van der Waals surface area contributed by atoms with Crippen LogP contribution in [0.4, 0.5) is 5.69 Å². The van der Waals surface area contributed by atoms with Crippen LogP contribution in [0.1, 0.15) is 40.0 Å². The molecular weight excluding hydrogens is 514 g/mol. The number of likely N-dealkylation sites (tertiary alicyclic amines) is 1. The van der Waals surface area contributed by atoms with Crippen LogP contribution in [-0.2, 0) is 28.5 Å². The summed E-state index contributed by atoms with van der Waals surface area (Å²) in [6, 6.07) is 9.96. The van der Waals surface area contributed by atoms with Crippen LogP contribution in [-0.4, -0.2) is 93.0 Å². The maximum atomic E-state index is 13.7. The van der Waals surface area contributed by atoms with Gasteiger partial charge in [-0.05, 0) is 56.2 Å². The molecule has 3 aliphatic heterocycles. The molecule has 10 heteroatoms. The minimum Gasteiger partial charge on any atom is -0.459 e. The molecule has 0 aliphatic carbocycles. The highest BCUT2D eigenvalue weighted by molar-refractivity contribution is 5.95. The Morgan fingerprint density at radius 2 is 1.82 bits per heavy atom. The van der Waals surface area contributed by atoms with Crippen molar-refractivity contribution in [3.05, 3.63) is 42.2 Å². The molecule has 2 amide bonds. The van der Waals surface area contributed by atoms with Crippen molar-refractivity contribution >= 4 is 17.5 Å². The first kappa shape index (κ1) is 30.3. The van der Waals surface area contributed by atoms with E-state index < -0.39 is 11.8 Å². The van der Waals surface area contributed by atoms with Crippen LogP contribution >= 0.6 is 0 Å². The topological polar surface area (TPSA) is 110 Å². The molecule has 0 bridgehead atoms. The van der Waals surface area contributed by atoms with Crippen molar-refractivity contribution in [2.24, 2.45) is 17.8 Å². The fraction of sp³-hybridized carbons (Fsp3) is 0.667. The summed E-state index contributed by atoms with van der Waals surface area (Å²) in [6.07, 6.45) is 3.26. The van der Waals surface area contributed by atoms with Gasteiger partial charge in [0.15, 0.2) is 5.76 Å². The van der Waals surface area contributed by atoms with Gasteiger partial charge in [0, 0.05) is 37.9 Å². The first-order valence-corrected chi connectivity index (χ1v) is 14.6. The molecule has 2 saturated heterocycles. The highest BCUT2D eigenvalue weighted by Crippen LogP contribution is 2.39. The number of hydrogen-bond acceptors (Lipinski definition) is 8. The van der Waals surface area contributed by atoms with E-state index >= 15 is 0 Å². The minimum absolute atomic E-state index is 0.00132. The van der Waals surface area contributed by atoms with Gasteiger partial charge in [0.1, 0.15) is 5.54 Å². The second kappa shape index (κ2) is 14.3. The standard InChI is InChI=1S/C30H45N3O7/c1-4-39-28-24(10-16-37-18-19-38-17-15-34)25(22(2)3)20-26(40-28)27(35)32-13-11-30(12-14-32)29(36)31-21-33(30)23-8-6-5-7-9-23/h5-9,20,22,24-25,28,34H,4,10-19,21H2,1-3H3,(H,31,36)/t24-,25+,28+/m0/s1. The van der Waals surface area contributed by atoms with E-state index in [0.717, 1.165) is 12.1 Å². The lowest BCUT2D eigenvalue weighted by Crippen LogP contribution is -2.57. The van der Waals surface area contributed by atoms with E-state index in [2.05, 4.69) is 24.1 Å². The summed E-state index contributed by atoms with van der Waals surface area (Å²) >= 11 is 0. The largest absolute Gasteiger partial charge is 0.459 e. The Labute approximate surface area is 237 Å². The zero-order valence-corrected chi connectivity index (χ0v) is 24.0. The van der Waals surface area contributed by atoms with Crippen molar-refractivity contribution < 1.29 is 33.6 Å². The van der Waals surface area contributed by atoms with Crippen molar-refractivity contribution in [1.82, 2.24) is 10.2 Å². The normalized spacial score (nSPS) is 24.3. The maximum Gasteiger partial charge on any atom is 0.288 e. The van der Waals surface area contributed by atoms with E-state index in [4.69, 9.17) is 24.1 Å². The molecule has 0 aromatic heterocycles. The average Bonchev–Trinajstić information content (AvgIpc) is 3.28. The third-order valence-corrected chi connectivity index (χ3v) is 8.23. The van der Waals surface area contributed by atoms with Crippen LogP contribution < -0.4 is 10.2 Å². The Balaban J connectivity index is 1.40. The van der Waals surface area contributed by atoms with Gasteiger partial charge < -0.3 is 39.2 Å². The fourth-order valence-corrected chi connectivity index (χ4v) is 6.06. The smallest absolute Gasteiger partial charge is 0.288 e. The molecule has 3 atom stereocenters. The predicted octanol–water partition coefficient (Wildman–Crippen LogP) is 2.52. The summed E-state index contributed by atoms with van der Waals surface area (Å²) in [7, 11) is 0. The van der Waals surface area contributed by atoms with Gasteiger partial charge in [-0.1, -0.05) is 32.0 Å². The number of anilines is 1. The second-order valence-electron chi connectivity index (χ2n) is 10.9. The lowest BCUT2D eigenvalue weighted by Gasteiger charge is -2.44. The Hall–Kier alpha value is -2.66. The Morgan fingerprint density at radius 3 is 2.48 bits per heavy atom. The minimum atomic E-state index is -0.650. The van der Waals surface area contributed by atoms with Crippen LogP contribution in [0.25, 0.3) is 0 Å². The summed E-state index contributed by atoms with van der Waals surface area (Å²) < 4.78 is 23.2. The molecule has 4 rings (SSSR count). The number of aliphatic hydroxyl groups is 1. The second-order valence-corrected chi connectivity index (χ2v) is 10.9. The zero-order valence-electron chi connectivity index (χ0n) is 24.0. The quantitative estimate of drug-likeness (QED) is 0.355. The SMILES string of the molecule is CCO[C@@H]1OC(C(=O)N2CCC3(CC2)C(=O)NCN3c2ccccc2)=C[C@H](C(C)C)[C@@H]1CCOCCOCCO. The highest BCUT2D eigenvalue weighted by atomic mass is 16.7. The summed E-state index contributed by atoms with van der Waals surface area (Å²) in [6.45, 7) is 9.82. The molecule has 0 unspecified atom stereocenters. The van der Waals surface area contributed by atoms with Gasteiger partial charge in [-0.25, -0.2) is 0 Å². The van der Waals surface area contributed by atoms with Crippen LogP contribution in [0.15, 0.2) is 42.2 Å². The molecule has 3 heterocycles. The van der Waals surface area contributed by atoms with Crippen LogP contribution in [0.2, 0.25) is 0 Å². The number of ether oxygens (including phenoxy) is 4. The average molecular weight is 560 g/mol. The van der Waals surface area contributed by atoms with E-state index in [0.29, 0.717) is 71.4 Å². The van der Waals surface area contributed by atoms with Crippen LogP contribution in [0.3, 0.4) is 0 Å². The van der Waals surface area contributed by atoms with E-state index in [-0.39, 0.29) is 36.2 Å². The Bertz CT molecular complexity index is 994. The lowest BCUT2D eigenvalue weighted by molar-refractivity contribution is -0.180. The third kappa shape index (κ3) is 6.79. The maximum absolute atomic E-state index is 13.7. The first-order valence-electron chi connectivity index (χ1n) is 14.6. The monoisotopic (exact) mass is 559 g/mol. The number of carbonyl (C=O) groups excluding carboxylic acids is 2. The molecule has 0 saturated carbocycles. The number of benzene rings is 1. The number of amides is 2. The molecule has 2 N–H and O–H groups in total. The number of allylic oxidation sites excluding steroid dienone is 1. The van der Waals surface area contributed by atoms with E-state index in [9.17, 15) is 9.59 Å². The number of nitrogens with one attached hydrogen (secondary N) is 1. The van der Waals surface area contributed by atoms with Gasteiger partial charge in [-0.2, -0.15) is 0 Å². The molecule has 40 heavy (non-hydrogen) atoms. The molecular formula is C30H45N3O7. The number of piperidine rings is 1. The highest BCUT2D eigenvalue weighted by Gasteiger charge is 2.51. The molecule has 1 aromatic rings. The number of rotatable bonds is 13. The number of aliphatic hydroxyl groups excluding tert-OH is 1. The molecule has 2 fully saturated rings. The fourth-order valence-electron chi connectivity index (χ4n) is 6.06. The number of carbonyl (C=O) groups is 2. The van der Waals surface area contributed by atoms with Gasteiger partial charge >= 0.3 is 0 Å². The van der Waals surface area contributed by atoms with Gasteiger partial charge in [-0.3, -0.25) is 9.59 Å². The molecule has 0 radical (unpaired) electrons. The van der Waals surface area contributed by atoms with Crippen molar-refractivity contribution in [1.29, 1.82) is 0 Å². The van der Waals surface area contributed by atoms with Crippen molar-refractivity contribution in [2.45, 2.75) is 51.9 Å². The summed E-state index contributed by atoms with van der Waals surface area (Å²) in [4.78, 5) is 30.7. The molecule has 1 aromatic carbocycles. The third-order valence-electron chi connectivity index (χ3n) is 8.23. The number of para-hydroxylation sites is 1. The van der Waals surface area contributed by atoms with Crippen molar-refractivity contribution in [2.75, 3.05) is 64.3 Å². The van der Waals surface area contributed by atoms with Gasteiger partial charge in [0.05, 0.1) is 33.1 Å². The summed E-state index contributed by atoms with van der Waals surface area (Å²) in [5, 5.41) is 11.8. The van der Waals surface area contributed by atoms with E-state index in [1.54, 1.807) is 0 Å². The summed E-state index contributed by atoms with van der Waals surface area (Å²) in [5.41, 5.74) is 0.355. The predicted molar refractivity (Wildman–Crippen MR) is 150 cm³/mol. The van der Waals surface area contributed by atoms with Crippen LogP contribution in [0, 0.1) is 17.8 Å². The van der Waals surface area contributed by atoms with Gasteiger partial charge in [0.2, 0.25) is 12.2 Å². The summed E-state index contributed by atoms with van der Waals surface area (Å²) in [5.74, 6) is 0.616. The lowest BCUT2D eigenvalue weighted by atomic mass is 9.79. The van der Waals surface area contributed by atoms with Crippen molar-refractivity contribution in [3.8, 4) is 0 Å². The molecule has 3 aliphatic rings. The Morgan fingerprint density at radius 1 is 1.12 bits per heavy atom.